The Kier molecular flexibility index (Phi) is 9.25. The van der Waals surface area contributed by atoms with Crippen LogP contribution in [0, 0.1) is 0 Å². The van der Waals surface area contributed by atoms with E-state index in [0.717, 1.165) is 55.7 Å². The fraction of sp³-hybridized carbons (Fsp3) is 0.520. The number of aryl methyl sites for hydroxylation is 1. The second kappa shape index (κ2) is 12.2. The lowest BCUT2D eigenvalue weighted by Gasteiger charge is -2.34. The first-order chi connectivity index (χ1) is 17.1. The minimum atomic E-state index is -4.54. The highest BCUT2D eigenvalue weighted by Gasteiger charge is 2.34. The molecule has 1 aromatic carbocycles. The Balaban J connectivity index is 1.71. The van der Waals surface area contributed by atoms with E-state index in [1.54, 1.807) is 14.1 Å². The van der Waals surface area contributed by atoms with Crippen LogP contribution in [-0.2, 0) is 12.6 Å². The van der Waals surface area contributed by atoms with E-state index in [1.807, 2.05) is 12.1 Å². The third-order valence-corrected chi connectivity index (χ3v) is 6.16. The third-order valence-electron chi connectivity index (χ3n) is 6.16. The molecule has 1 aromatic heterocycles. The SMILES string of the molecule is CCc1cc(N2CCN(C)CC2)ccc1Nc1cc(NCCCNC(=O)N(C)C)c(C(F)(F)F)cn1. The van der Waals surface area contributed by atoms with Crippen molar-refractivity contribution in [2.24, 2.45) is 0 Å². The summed E-state index contributed by atoms with van der Waals surface area (Å²) in [5.74, 6) is 0.327. The molecule has 1 saturated heterocycles. The van der Waals surface area contributed by atoms with Gasteiger partial charge >= 0.3 is 12.2 Å². The highest BCUT2D eigenvalue weighted by molar-refractivity contribution is 5.73. The summed E-state index contributed by atoms with van der Waals surface area (Å²) < 4.78 is 40.7. The van der Waals surface area contributed by atoms with Crippen LogP contribution >= 0.6 is 0 Å². The number of benzene rings is 1. The quantitative estimate of drug-likeness (QED) is 0.441. The summed E-state index contributed by atoms with van der Waals surface area (Å²) >= 11 is 0. The molecule has 1 aliphatic rings. The number of pyridine rings is 1. The van der Waals surface area contributed by atoms with E-state index in [-0.39, 0.29) is 18.3 Å². The van der Waals surface area contributed by atoms with E-state index in [0.29, 0.717) is 18.8 Å². The van der Waals surface area contributed by atoms with Gasteiger partial charge in [-0.25, -0.2) is 9.78 Å². The lowest BCUT2D eigenvalue weighted by Crippen LogP contribution is -2.44. The number of piperazine rings is 1. The van der Waals surface area contributed by atoms with E-state index < -0.39 is 11.7 Å². The molecule has 8 nitrogen and oxygen atoms in total. The van der Waals surface area contributed by atoms with Crippen LogP contribution in [0.25, 0.3) is 0 Å². The van der Waals surface area contributed by atoms with Crippen LogP contribution in [0.15, 0.2) is 30.5 Å². The van der Waals surface area contributed by atoms with E-state index in [2.05, 4.69) is 50.8 Å². The first-order valence-electron chi connectivity index (χ1n) is 12.2. The molecule has 0 spiro atoms. The third kappa shape index (κ3) is 7.39. The van der Waals surface area contributed by atoms with Crippen LogP contribution in [0.2, 0.25) is 0 Å². The fourth-order valence-electron chi connectivity index (χ4n) is 3.95. The van der Waals surface area contributed by atoms with Gasteiger partial charge in [-0.2, -0.15) is 13.2 Å². The summed E-state index contributed by atoms with van der Waals surface area (Å²) in [6.45, 7) is 6.60. The van der Waals surface area contributed by atoms with E-state index in [9.17, 15) is 18.0 Å². The molecular formula is C25H36F3N7O. The second-order valence-electron chi connectivity index (χ2n) is 9.13. The normalized spacial score (nSPS) is 14.5. The van der Waals surface area contributed by atoms with E-state index in [1.165, 1.54) is 11.0 Å². The number of alkyl halides is 3. The highest BCUT2D eigenvalue weighted by atomic mass is 19.4. The molecule has 1 aliphatic heterocycles. The van der Waals surface area contributed by atoms with Gasteiger partial charge in [0.1, 0.15) is 5.82 Å². The number of nitrogens with zero attached hydrogens (tertiary/aromatic N) is 4. The number of anilines is 4. The Morgan fingerprint density at radius 2 is 1.81 bits per heavy atom. The van der Waals surface area contributed by atoms with Crippen molar-refractivity contribution >= 4 is 28.9 Å². The molecule has 2 heterocycles. The number of amides is 2. The molecule has 0 saturated carbocycles. The van der Waals surface area contributed by atoms with Crippen molar-refractivity contribution in [3.05, 3.63) is 41.6 Å². The van der Waals surface area contributed by atoms with Crippen LogP contribution in [-0.4, -0.2) is 81.2 Å². The largest absolute Gasteiger partial charge is 0.419 e. The first-order valence-corrected chi connectivity index (χ1v) is 12.2. The van der Waals surface area contributed by atoms with Gasteiger partial charge in [0, 0.05) is 77.0 Å². The number of hydrogen-bond acceptors (Lipinski definition) is 6. The van der Waals surface area contributed by atoms with Crippen LogP contribution in [0.5, 0.6) is 0 Å². The van der Waals surface area contributed by atoms with E-state index in [4.69, 9.17) is 0 Å². The molecule has 0 radical (unpaired) electrons. The number of hydrogen-bond donors (Lipinski definition) is 3. The van der Waals surface area contributed by atoms with Crippen molar-refractivity contribution < 1.29 is 18.0 Å². The number of aromatic nitrogens is 1. The Morgan fingerprint density at radius 1 is 1.08 bits per heavy atom. The Labute approximate surface area is 210 Å². The molecule has 0 aliphatic carbocycles. The molecule has 2 aromatic rings. The van der Waals surface area contributed by atoms with Crippen molar-refractivity contribution in [3.8, 4) is 0 Å². The number of carbonyl (C=O) groups is 1. The molecule has 1 fully saturated rings. The van der Waals surface area contributed by atoms with Gasteiger partial charge in [0.15, 0.2) is 0 Å². The summed E-state index contributed by atoms with van der Waals surface area (Å²) in [5.41, 5.74) is 2.16. The maximum atomic E-state index is 13.6. The highest BCUT2D eigenvalue weighted by Crippen LogP contribution is 2.36. The van der Waals surface area contributed by atoms with Gasteiger partial charge in [0.2, 0.25) is 0 Å². The van der Waals surface area contributed by atoms with Crippen molar-refractivity contribution in [2.75, 3.05) is 75.9 Å². The first kappa shape index (κ1) is 27.4. The van der Waals surface area contributed by atoms with E-state index >= 15 is 0 Å². The molecule has 3 rings (SSSR count). The standard InChI is InChI=1S/C25H36F3N7O/c1-5-18-15-19(35-13-11-34(4)12-14-35)7-8-21(18)32-23-16-22(20(17-31-23)25(26,27)28)29-9-6-10-30-24(36)33(2)3/h7-8,15-17H,5-6,9-14H2,1-4H3,(H,30,36)(H2,29,31,32). The molecule has 0 atom stereocenters. The zero-order valence-electron chi connectivity index (χ0n) is 21.4. The monoisotopic (exact) mass is 507 g/mol. The minimum Gasteiger partial charge on any atom is -0.384 e. The molecular weight excluding hydrogens is 471 g/mol. The number of likely N-dealkylation sites (N-methyl/N-ethyl adjacent to an activating group) is 1. The number of carbonyl (C=O) groups excluding carboxylic acids is 1. The average Bonchev–Trinajstić information content (AvgIpc) is 2.83. The van der Waals surface area contributed by atoms with Crippen molar-refractivity contribution in [2.45, 2.75) is 25.9 Å². The van der Waals surface area contributed by atoms with Gasteiger partial charge in [-0.05, 0) is 43.7 Å². The maximum absolute atomic E-state index is 13.6. The Morgan fingerprint density at radius 3 is 2.44 bits per heavy atom. The van der Waals surface area contributed by atoms with Gasteiger partial charge < -0.3 is 30.7 Å². The number of urea groups is 1. The average molecular weight is 508 g/mol. The fourth-order valence-corrected chi connectivity index (χ4v) is 3.95. The smallest absolute Gasteiger partial charge is 0.384 e. The number of rotatable bonds is 9. The van der Waals surface area contributed by atoms with Crippen molar-refractivity contribution in [1.29, 1.82) is 0 Å². The van der Waals surface area contributed by atoms with Gasteiger partial charge in [-0.1, -0.05) is 6.92 Å². The maximum Gasteiger partial charge on any atom is 0.419 e. The zero-order valence-corrected chi connectivity index (χ0v) is 21.4. The van der Waals surface area contributed by atoms with Crippen LogP contribution in [0.1, 0.15) is 24.5 Å². The molecule has 198 valence electrons. The number of halogens is 3. The topological polar surface area (TPSA) is 75.8 Å². The summed E-state index contributed by atoms with van der Waals surface area (Å²) in [4.78, 5) is 21.7. The molecule has 11 heteroatoms. The van der Waals surface area contributed by atoms with Gasteiger partial charge in [0.05, 0.1) is 11.3 Å². The van der Waals surface area contributed by atoms with Gasteiger partial charge in [-0.3, -0.25) is 0 Å². The predicted molar refractivity (Wildman–Crippen MR) is 138 cm³/mol. The van der Waals surface area contributed by atoms with Gasteiger partial charge in [-0.15, -0.1) is 0 Å². The number of nitrogens with one attached hydrogen (secondary N) is 3. The van der Waals surface area contributed by atoms with Crippen molar-refractivity contribution in [1.82, 2.24) is 20.1 Å². The minimum absolute atomic E-state index is 0.0500. The van der Waals surface area contributed by atoms with Gasteiger partial charge in [0.25, 0.3) is 0 Å². The van der Waals surface area contributed by atoms with Crippen LogP contribution < -0.4 is 20.9 Å². The second-order valence-corrected chi connectivity index (χ2v) is 9.13. The molecule has 0 bridgehead atoms. The molecule has 3 N–H and O–H groups in total. The predicted octanol–water partition coefficient (Wildman–Crippen LogP) is 4.23. The molecule has 0 unspecified atom stereocenters. The van der Waals surface area contributed by atoms with Crippen molar-refractivity contribution in [3.63, 3.8) is 0 Å². The lowest BCUT2D eigenvalue weighted by atomic mass is 10.1. The summed E-state index contributed by atoms with van der Waals surface area (Å²) in [6.07, 6.45) is -2.45. The molecule has 36 heavy (non-hydrogen) atoms. The van der Waals surface area contributed by atoms with Crippen LogP contribution in [0.3, 0.4) is 0 Å². The summed E-state index contributed by atoms with van der Waals surface area (Å²) in [5, 5.41) is 8.75. The lowest BCUT2D eigenvalue weighted by molar-refractivity contribution is -0.137. The Hall–Kier alpha value is -3.21. The zero-order chi connectivity index (χ0) is 26.3. The Bertz CT molecular complexity index is 1020. The summed E-state index contributed by atoms with van der Waals surface area (Å²) in [7, 11) is 5.36. The molecule has 2 amide bonds. The van der Waals surface area contributed by atoms with Crippen LogP contribution in [0.4, 0.5) is 40.8 Å². The summed E-state index contributed by atoms with van der Waals surface area (Å²) in [6, 6.07) is 7.28.